The molecule has 1 spiro atoms. The summed E-state index contributed by atoms with van der Waals surface area (Å²) in [6, 6.07) is 13.1. The van der Waals surface area contributed by atoms with Gasteiger partial charge in [0.1, 0.15) is 5.60 Å². The molecule has 1 saturated carbocycles. The number of pyridine rings is 1. The largest absolute Gasteiger partial charge is 0.471 e. The number of ether oxygens (including phenoxy) is 1. The predicted octanol–water partition coefficient (Wildman–Crippen LogP) is 4.13. The van der Waals surface area contributed by atoms with Gasteiger partial charge in [0.25, 0.3) is 5.91 Å². The molecule has 0 saturated heterocycles. The Balaban J connectivity index is 1.41. The first-order valence-corrected chi connectivity index (χ1v) is 16.7. The molecule has 1 aliphatic carbocycles. The van der Waals surface area contributed by atoms with Crippen LogP contribution in [-0.2, 0) is 31.9 Å². The molecule has 1 aliphatic heterocycles. The van der Waals surface area contributed by atoms with Crippen LogP contribution in [0.15, 0.2) is 59.6 Å². The van der Waals surface area contributed by atoms with Gasteiger partial charge in [-0.05, 0) is 81.5 Å². The second-order valence-electron chi connectivity index (χ2n) is 11.5. The number of anilines is 2. The normalized spacial score (nSPS) is 21.0. The number of hydrogen-bond donors (Lipinski definition) is 3. The Hall–Kier alpha value is -3.48. The first kappa shape index (κ1) is 29.0. The van der Waals surface area contributed by atoms with Gasteiger partial charge in [-0.2, -0.15) is 0 Å². The summed E-state index contributed by atoms with van der Waals surface area (Å²) in [5.74, 6) is -0.0648. The van der Waals surface area contributed by atoms with Crippen molar-refractivity contribution in [3.05, 3.63) is 77.0 Å². The van der Waals surface area contributed by atoms with Crippen molar-refractivity contribution in [3.63, 3.8) is 0 Å². The van der Waals surface area contributed by atoms with Crippen molar-refractivity contribution < 1.29 is 26.4 Å². The molecule has 1 amide bonds. The van der Waals surface area contributed by atoms with Gasteiger partial charge in [-0.15, -0.1) is 0 Å². The third-order valence-corrected chi connectivity index (χ3v) is 9.65. The lowest BCUT2D eigenvalue weighted by atomic mass is 9.81. The van der Waals surface area contributed by atoms with Crippen LogP contribution in [0.25, 0.3) is 0 Å². The van der Waals surface area contributed by atoms with Crippen LogP contribution < -0.4 is 19.5 Å². The van der Waals surface area contributed by atoms with Crippen molar-refractivity contribution in [1.29, 1.82) is 0 Å². The maximum absolute atomic E-state index is 13.2. The smallest absolute Gasteiger partial charge is 0.257 e. The van der Waals surface area contributed by atoms with Crippen LogP contribution >= 0.6 is 0 Å². The zero-order valence-corrected chi connectivity index (χ0v) is 25.2. The molecule has 218 valence electrons. The van der Waals surface area contributed by atoms with E-state index >= 15 is 0 Å². The summed E-state index contributed by atoms with van der Waals surface area (Å²) in [7, 11) is -7.26. The Labute approximate surface area is 241 Å². The lowest BCUT2D eigenvalue weighted by Crippen LogP contribution is -2.42. The van der Waals surface area contributed by atoms with E-state index in [0.717, 1.165) is 18.2 Å². The third kappa shape index (κ3) is 6.09. The molecule has 2 heterocycles. The second kappa shape index (κ2) is 10.1. The van der Waals surface area contributed by atoms with Gasteiger partial charge in [-0.1, -0.05) is 25.1 Å². The Morgan fingerprint density at radius 2 is 1.78 bits per heavy atom. The summed E-state index contributed by atoms with van der Waals surface area (Å²) in [6.45, 7) is 7.64. The predicted molar refractivity (Wildman–Crippen MR) is 157 cm³/mol. The zero-order valence-electron chi connectivity index (χ0n) is 23.6. The van der Waals surface area contributed by atoms with Crippen LogP contribution in [0.4, 0.5) is 11.4 Å². The van der Waals surface area contributed by atoms with Gasteiger partial charge in [-0.25, -0.2) is 26.5 Å². The van der Waals surface area contributed by atoms with Gasteiger partial charge >= 0.3 is 0 Å². The molecule has 0 radical (unpaired) electrons. The molecule has 3 aromatic rings. The average Bonchev–Trinajstić information content (AvgIpc) is 3.54. The molecule has 0 bridgehead atoms. The molecule has 1 fully saturated rings. The molecule has 2 unspecified atom stereocenters. The van der Waals surface area contributed by atoms with E-state index in [1.165, 1.54) is 6.20 Å². The number of aryl methyl sites for hydroxylation is 2. The van der Waals surface area contributed by atoms with E-state index in [2.05, 4.69) is 19.7 Å². The highest BCUT2D eigenvalue weighted by Crippen LogP contribution is 2.59. The van der Waals surface area contributed by atoms with E-state index in [9.17, 15) is 21.6 Å². The Kier molecular flexibility index (Phi) is 7.16. The van der Waals surface area contributed by atoms with Crippen molar-refractivity contribution in [2.45, 2.75) is 68.9 Å². The molecule has 5 rings (SSSR count). The van der Waals surface area contributed by atoms with Crippen LogP contribution in [0, 0.1) is 6.92 Å². The fourth-order valence-electron chi connectivity index (χ4n) is 5.49. The lowest BCUT2D eigenvalue weighted by molar-refractivity contribution is 0.0594. The van der Waals surface area contributed by atoms with Crippen molar-refractivity contribution >= 4 is 37.3 Å². The summed E-state index contributed by atoms with van der Waals surface area (Å²) in [5, 5.41) is 2.80. The molecule has 2 atom stereocenters. The third-order valence-electron chi connectivity index (χ3n) is 7.57. The minimum Gasteiger partial charge on any atom is -0.471 e. The number of rotatable bonds is 8. The average molecular weight is 599 g/mol. The number of amides is 1. The number of nitrogens with zero attached hydrogens (tertiary/aromatic N) is 1. The van der Waals surface area contributed by atoms with Crippen molar-refractivity contribution in [2.75, 3.05) is 16.3 Å². The fraction of sp³-hybridized carbons (Fsp3) is 0.379. The van der Waals surface area contributed by atoms with Crippen LogP contribution in [0.3, 0.4) is 0 Å². The van der Waals surface area contributed by atoms with Gasteiger partial charge in [0.15, 0.2) is 0 Å². The minimum atomic E-state index is -3.76. The molecule has 2 aliphatic rings. The first-order chi connectivity index (χ1) is 19.1. The van der Waals surface area contributed by atoms with E-state index in [0.29, 0.717) is 41.2 Å². The Morgan fingerprint density at radius 3 is 2.44 bits per heavy atom. The molecule has 12 heteroatoms. The molecule has 10 nitrogen and oxygen atoms in total. The van der Waals surface area contributed by atoms with Gasteiger partial charge in [0.05, 0.1) is 22.4 Å². The van der Waals surface area contributed by atoms with E-state index in [4.69, 9.17) is 4.74 Å². The van der Waals surface area contributed by atoms with Crippen molar-refractivity contribution in [2.24, 2.45) is 0 Å². The second-order valence-corrected chi connectivity index (χ2v) is 15.0. The molecule has 3 N–H and O–H groups in total. The molecule has 41 heavy (non-hydrogen) atoms. The number of carbonyl (C=O) groups is 1. The Morgan fingerprint density at radius 1 is 1.07 bits per heavy atom. The van der Waals surface area contributed by atoms with Gasteiger partial charge in [-0.3, -0.25) is 9.52 Å². The quantitative estimate of drug-likeness (QED) is 0.354. The maximum Gasteiger partial charge on any atom is 0.257 e. The Bertz CT molecular complexity index is 1740. The van der Waals surface area contributed by atoms with E-state index < -0.39 is 37.0 Å². The van der Waals surface area contributed by atoms with Crippen LogP contribution in [0.5, 0.6) is 5.88 Å². The fourth-order valence-corrected chi connectivity index (χ4v) is 7.43. The van der Waals surface area contributed by atoms with Crippen molar-refractivity contribution in [3.8, 4) is 5.88 Å². The highest BCUT2D eigenvalue weighted by Gasteiger charge is 2.62. The number of aromatic nitrogens is 1. The number of benzene rings is 2. The number of hydrogen-bond acceptors (Lipinski definition) is 7. The number of carbonyl (C=O) groups excluding carboxylic acids is 1. The summed E-state index contributed by atoms with van der Waals surface area (Å²) in [5.41, 5.74) is 2.32. The molecule has 2 aromatic carbocycles. The van der Waals surface area contributed by atoms with E-state index in [1.807, 2.05) is 32.9 Å². The maximum atomic E-state index is 13.2. The van der Waals surface area contributed by atoms with Crippen LogP contribution in [0.2, 0.25) is 0 Å². The highest BCUT2D eigenvalue weighted by molar-refractivity contribution is 7.92. The molecule has 1 aromatic heterocycles. The van der Waals surface area contributed by atoms with Crippen molar-refractivity contribution in [1.82, 2.24) is 9.71 Å². The van der Waals surface area contributed by atoms with Gasteiger partial charge < -0.3 is 10.1 Å². The van der Waals surface area contributed by atoms with E-state index in [-0.39, 0.29) is 16.5 Å². The summed E-state index contributed by atoms with van der Waals surface area (Å²) in [6.07, 6.45) is 4.38. The van der Waals surface area contributed by atoms with Gasteiger partial charge in [0.2, 0.25) is 25.9 Å². The SMILES string of the molecule is CCc1ccc(S(=O)(=O)NC2CC23CC(C)(C)Oc2ncc(C(=O)Nc4ccc(C)c(NS(C)(=O)=O)c4)cc23)cc1. The first-order valence-electron chi connectivity index (χ1n) is 13.3. The lowest BCUT2D eigenvalue weighted by Gasteiger charge is -2.38. The monoisotopic (exact) mass is 598 g/mol. The topological polar surface area (TPSA) is 144 Å². The summed E-state index contributed by atoms with van der Waals surface area (Å²) < 4.78 is 61.3. The number of sulfonamides is 2. The highest BCUT2D eigenvalue weighted by atomic mass is 32.2. The van der Waals surface area contributed by atoms with Crippen LogP contribution in [-0.4, -0.2) is 45.6 Å². The number of nitrogens with one attached hydrogen (secondary N) is 3. The summed E-state index contributed by atoms with van der Waals surface area (Å²) >= 11 is 0. The molecular formula is C29H34N4O6S2. The molecular weight excluding hydrogens is 564 g/mol. The van der Waals surface area contributed by atoms with Crippen LogP contribution in [0.1, 0.15) is 60.7 Å². The summed E-state index contributed by atoms with van der Waals surface area (Å²) in [4.78, 5) is 17.9. The number of fused-ring (bicyclic) bond motifs is 2. The zero-order chi connectivity index (χ0) is 29.8. The standard InChI is InChI=1S/C29H34N4O6S2/c1-6-19-8-11-22(12-9-19)41(37,38)33-25-15-29(25)17-28(3,4)39-27-23(29)13-20(16-30-27)26(34)31-21-10-7-18(2)24(14-21)32-40(5,35)36/h7-14,16,25,32-33H,6,15,17H2,1-5H3,(H,31,34). The van der Waals surface area contributed by atoms with Gasteiger partial charge in [0, 0.05) is 28.9 Å². The minimum absolute atomic E-state index is 0.206. The van der Waals surface area contributed by atoms with E-state index in [1.54, 1.807) is 43.3 Å².